The Bertz CT molecular complexity index is 786. The van der Waals surface area contributed by atoms with E-state index in [0.29, 0.717) is 11.5 Å². The third kappa shape index (κ3) is 4.72. The van der Waals surface area contributed by atoms with E-state index in [9.17, 15) is 4.79 Å². The van der Waals surface area contributed by atoms with Gasteiger partial charge in [0.05, 0.1) is 6.61 Å². The van der Waals surface area contributed by atoms with Crippen LogP contribution in [-0.4, -0.2) is 56.7 Å². The second kappa shape index (κ2) is 8.80. The summed E-state index contributed by atoms with van der Waals surface area (Å²) in [5, 5.41) is 1.06. The molecule has 142 valence electrons. The molecule has 0 saturated carbocycles. The van der Waals surface area contributed by atoms with Crippen LogP contribution in [0.2, 0.25) is 0 Å². The zero-order valence-corrected chi connectivity index (χ0v) is 16.2. The van der Waals surface area contributed by atoms with Gasteiger partial charge < -0.3 is 19.0 Å². The van der Waals surface area contributed by atoms with Gasteiger partial charge in [-0.2, -0.15) is 0 Å². The van der Waals surface area contributed by atoms with E-state index >= 15 is 0 Å². The van der Waals surface area contributed by atoms with Crippen molar-refractivity contribution in [2.45, 2.75) is 26.3 Å². The molecule has 1 unspecified atom stereocenters. The Balaban J connectivity index is 1.67. The first kappa shape index (κ1) is 19.1. The van der Waals surface area contributed by atoms with Gasteiger partial charge in [-0.05, 0) is 55.6 Å². The molecule has 1 aromatic carbocycles. The maximum absolute atomic E-state index is 11.9. The van der Waals surface area contributed by atoms with Gasteiger partial charge in [-0.15, -0.1) is 0 Å². The molecule has 1 aromatic heterocycles. The SMILES string of the molecule is CCc1ccc2oc(=O)cc(CN(C)CC3CCN(CCOC)C3)c2c1. The van der Waals surface area contributed by atoms with Crippen LogP contribution in [-0.2, 0) is 17.7 Å². The molecule has 0 bridgehead atoms. The normalized spacial score (nSPS) is 18.2. The van der Waals surface area contributed by atoms with Crippen LogP contribution in [0.15, 0.2) is 33.5 Å². The molecule has 0 amide bonds. The molecule has 1 aliphatic heterocycles. The van der Waals surface area contributed by atoms with Crippen molar-refractivity contribution in [3.05, 3.63) is 45.8 Å². The zero-order valence-electron chi connectivity index (χ0n) is 16.2. The highest BCUT2D eigenvalue weighted by molar-refractivity contribution is 5.80. The van der Waals surface area contributed by atoms with Crippen molar-refractivity contribution in [3.8, 4) is 0 Å². The number of nitrogens with zero attached hydrogens (tertiary/aromatic N) is 2. The first-order valence-corrected chi connectivity index (χ1v) is 9.54. The number of hydrogen-bond acceptors (Lipinski definition) is 5. The highest BCUT2D eigenvalue weighted by atomic mass is 16.5. The summed E-state index contributed by atoms with van der Waals surface area (Å²) in [6.07, 6.45) is 2.20. The van der Waals surface area contributed by atoms with Gasteiger partial charge >= 0.3 is 5.63 Å². The van der Waals surface area contributed by atoms with Gasteiger partial charge in [0.15, 0.2) is 0 Å². The van der Waals surface area contributed by atoms with Crippen molar-refractivity contribution in [1.29, 1.82) is 0 Å². The lowest BCUT2D eigenvalue weighted by atomic mass is 10.0. The molecule has 1 atom stereocenters. The summed E-state index contributed by atoms with van der Waals surface area (Å²) in [6, 6.07) is 7.76. The summed E-state index contributed by atoms with van der Waals surface area (Å²) in [5.41, 5.74) is 2.74. The van der Waals surface area contributed by atoms with Gasteiger partial charge in [-0.1, -0.05) is 13.0 Å². The molecule has 0 aliphatic carbocycles. The highest BCUT2D eigenvalue weighted by Gasteiger charge is 2.23. The molecule has 26 heavy (non-hydrogen) atoms. The van der Waals surface area contributed by atoms with Crippen molar-refractivity contribution in [3.63, 3.8) is 0 Å². The van der Waals surface area contributed by atoms with Crippen molar-refractivity contribution >= 4 is 11.0 Å². The van der Waals surface area contributed by atoms with Crippen LogP contribution in [0.4, 0.5) is 0 Å². The third-order valence-electron chi connectivity index (χ3n) is 5.29. The fourth-order valence-corrected chi connectivity index (χ4v) is 3.91. The molecule has 5 nitrogen and oxygen atoms in total. The van der Waals surface area contributed by atoms with E-state index in [-0.39, 0.29) is 5.63 Å². The Morgan fingerprint density at radius 3 is 2.96 bits per heavy atom. The molecule has 5 heteroatoms. The lowest BCUT2D eigenvalue weighted by Crippen LogP contribution is -2.29. The standard InChI is InChI=1S/C21H30N2O3/c1-4-16-5-6-20-19(11-16)18(12-21(24)26-20)15-22(2)13-17-7-8-23(14-17)9-10-25-3/h5-6,11-12,17H,4,7-10,13-15H2,1-3H3. The van der Waals surface area contributed by atoms with Crippen LogP contribution in [0.5, 0.6) is 0 Å². The fourth-order valence-electron chi connectivity index (χ4n) is 3.91. The summed E-state index contributed by atoms with van der Waals surface area (Å²) in [4.78, 5) is 16.7. The predicted molar refractivity (Wildman–Crippen MR) is 105 cm³/mol. The average Bonchev–Trinajstić information content (AvgIpc) is 3.06. The number of ether oxygens (including phenoxy) is 1. The first-order chi connectivity index (χ1) is 12.6. The number of hydrogen-bond donors (Lipinski definition) is 0. The van der Waals surface area contributed by atoms with Crippen LogP contribution in [0.3, 0.4) is 0 Å². The monoisotopic (exact) mass is 358 g/mol. The Morgan fingerprint density at radius 1 is 1.35 bits per heavy atom. The molecule has 1 saturated heterocycles. The van der Waals surface area contributed by atoms with Gasteiger partial charge in [0.25, 0.3) is 0 Å². The lowest BCUT2D eigenvalue weighted by molar-refractivity contribution is 0.157. The molecule has 0 spiro atoms. The first-order valence-electron chi connectivity index (χ1n) is 9.54. The Labute approximate surface area is 155 Å². The van der Waals surface area contributed by atoms with E-state index in [1.165, 1.54) is 12.0 Å². The summed E-state index contributed by atoms with van der Waals surface area (Å²) >= 11 is 0. The third-order valence-corrected chi connectivity index (χ3v) is 5.29. The predicted octanol–water partition coefficient (Wildman–Crippen LogP) is 2.76. The van der Waals surface area contributed by atoms with Crippen LogP contribution in [0.1, 0.15) is 24.5 Å². The van der Waals surface area contributed by atoms with E-state index in [2.05, 4.69) is 29.8 Å². The van der Waals surface area contributed by atoms with E-state index < -0.39 is 0 Å². The number of benzene rings is 1. The van der Waals surface area contributed by atoms with E-state index in [1.807, 2.05) is 12.1 Å². The minimum absolute atomic E-state index is 0.267. The van der Waals surface area contributed by atoms with Crippen LogP contribution < -0.4 is 5.63 Å². The molecule has 3 rings (SSSR count). The number of fused-ring (bicyclic) bond motifs is 1. The van der Waals surface area contributed by atoms with Gasteiger partial charge in [-0.3, -0.25) is 0 Å². The largest absolute Gasteiger partial charge is 0.423 e. The van der Waals surface area contributed by atoms with Gasteiger partial charge in [-0.25, -0.2) is 4.79 Å². The molecule has 0 radical (unpaired) electrons. The van der Waals surface area contributed by atoms with Crippen molar-refractivity contribution in [2.75, 3.05) is 46.9 Å². The van der Waals surface area contributed by atoms with E-state index in [1.54, 1.807) is 13.2 Å². The summed E-state index contributed by atoms with van der Waals surface area (Å²) < 4.78 is 10.6. The summed E-state index contributed by atoms with van der Waals surface area (Å²) in [7, 11) is 3.90. The summed E-state index contributed by atoms with van der Waals surface area (Å²) in [6.45, 7) is 8.05. The van der Waals surface area contributed by atoms with Crippen LogP contribution in [0.25, 0.3) is 11.0 Å². The number of rotatable bonds is 8. The Hall–Kier alpha value is -1.69. The van der Waals surface area contributed by atoms with Crippen molar-refractivity contribution in [2.24, 2.45) is 5.92 Å². The minimum Gasteiger partial charge on any atom is -0.423 e. The van der Waals surface area contributed by atoms with E-state index in [4.69, 9.17) is 9.15 Å². The second-order valence-electron chi connectivity index (χ2n) is 7.42. The Kier molecular flexibility index (Phi) is 6.46. The molecular weight excluding hydrogens is 328 g/mol. The van der Waals surface area contributed by atoms with Crippen molar-refractivity contribution < 1.29 is 9.15 Å². The number of likely N-dealkylation sites (tertiary alicyclic amines) is 1. The topological polar surface area (TPSA) is 45.9 Å². The van der Waals surface area contributed by atoms with Crippen molar-refractivity contribution in [1.82, 2.24) is 9.80 Å². The summed E-state index contributed by atoms with van der Waals surface area (Å²) in [5.74, 6) is 0.675. The molecule has 2 aromatic rings. The van der Waals surface area contributed by atoms with E-state index in [0.717, 1.165) is 56.7 Å². The molecular formula is C21H30N2O3. The quantitative estimate of drug-likeness (QED) is 0.679. The van der Waals surface area contributed by atoms with Gasteiger partial charge in [0.2, 0.25) is 0 Å². The molecule has 2 heterocycles. The Morgan fingerprint density at radius 2 is 2.19 bits per heavy atom. The smallest absolute Gasteiger partial charge is 0.336 e. The highest BCUT2D eigenvalue weighted by Crippen LogP contribution is 2.22. The van der Waals surface area contributed by atoms with Crippen LogP contribution >= 0.6 is 0 Å². The maximum atomic E-state index is 11.9. The van der Waals surface area contributed by atoms with Gasteiger partial charge in [0, 0.05) is 44.7 Å². The lowest BCUT2D eigenvalue weighted by Gasteiger charge is -2.22. The number of methoxy groups -OCH3 is 1. The molecule has 1 fully saturated rings. The molecule has 1 aliphatic rings. The zero-order chi connectivity index (χ0) is 18.5. The average molecular weight is 358 g/mol. The van der Waals surface area contributed by atoms with Crippen LogP contribution in [0, 0.1) is 5.92 Å². The minimum atomic E-state index is -0.267. The number of aryl methyl sites for hydroxylation is 1. The van der Waals surface area contributed by atoms with Gasteiger partial charge in [0.1, 0.15) is 5.58 Å². The molecule has 0 N–H and O–H groups in total. The maximum Gasteiger partial charge on any atom is 0.336 e. The second-order valence-corrected chi connectivity index (χ2v) is 7.42. The fraction of sp³-hybridized carbons (Fsp3) is 0.571.